The van der Waals surface area contributed by atoms with Crippen LogP contribution in [0, 0.1) is 5.92 Å². The topological polar surface area (TPSA) is 155 Å². The zero-order valence-electron chi connectivity index (χ0n) is 28.1. The second-order valence-corrected chi connectivity index (χ2v) is 13.8. The highest BCUT2D eigenvalue weighted by molar-refractivity contribution is 7.11. The van der Waals surface area contributed by atoms with Crippen molar-refractivity contribution in [3.05, 3.63) is 100 Å². The summed E-state index contributed by atoms with van der Waals surface area (Å²) in [7, 11) is 3.17. The molecule has 4 rings (SSSR count). The third-order valence-corrected chi connectivity index (χ3v) is 9.34. The molecule has 4 N–H and O–H groups in total. The van der Waals surface area contributed by atoms with Crippen LogP contribution in [0.4, 0.5) is 9.59 Å². The molecule has 4 atom stereocenters. The molecule has 0 aliphatic carbocycles. The van der Waals surface area contributed by atoms with Crippen molar-refractivity contribution in [1.82, 2.24) is 30.2 Å². The van der Waals surface area contributed by atoms with Crippen molar-refractivity contribution >= 4 is 40.9 Å². The summed E-state index contributed by atoms with van der Waals surface area (Å²) < 4.78 is 14.6. The van der Waals surface area contributed by atoms with Crippen LogP contribution in [0.1, 0.15) is 42.0 Å². The third-order valence-electron chi connectivity index (χ3n) is 7.78. The number of nitrogens with one attached hydrogen (secondary N) is 3. The highest BCUT2D eigenvalue weighted by Gasteiger charge is 2.31. The molecule has 14 heteroatoms. The molecular weight excluding hydrogens is 665 g/mol. The first-order valence-electron chi connectivity index (χ1n) is 16.0. The van der Waals surface area contributed by atoms with Crippen LogP contribution in [-0.2, 0) is 35.5 Å². The largest absolute Gasteiger partial charge is 0.473 e. The van der Waals surface area contributed by atoms with Gasteiger partial charge in [0.05, 0.1) is 36.4 Å². The van der Waals surface area contributed by atoms with Crippen LogP contribution in [0.5, 0.6) is 5.19 Å². The van der Waals surface area contributed by atoms with Crippen LogP contribution >= 0.6 is 22.9 Å². The third kappa shape index (κ3) is 12.1. The smallest absolute Gasteiger partial charge is 0.407 e. The van der Waals surface area contributed by atoms with Crippen molar-refractivity contribution in [2.45, 2.75) is 70.5 Å². The lowest BCUT2D eigenvalue weighted by Crippen LogP contribution is -2.55. The van der Waals surface area contributed by atoms with Gasteiger partial charge in [0.2, 0.25) is 5.91 Å². The Morgan fingerprint density at radius 3 is 2.20 bits per heavy atom. The van der Waals surface area contributed by atoms with E-state index >= 15 is 0 Å². The van der Waals surface area contributed by atoms with Gasteiger partial charge in [-0.15, -0.1) is 0 Å². The predicted octanol–water partition coefficient (Wildman–Crippen LogP) is 4.79. The highest BCUT2D eigenvalue weighted by Crippen LogP contribution is 2.19. The molecule has 0 fully saturated rings. The van der Waals surface area contributed by atoms with E-state index in [-0.39, 0.29) is 31.4 Å². The first kappa shape index (κ1) is 37.3. The van der Waals surface area contributed by atoms with Gasteiger partial charge in [0.1, 0.15) is 12.6 Å². The molecule has 4 aromatic rings. The fourth-order valence-corrected chi connectivity index (χ4v) is 6.30. The van der Waals surface area contributed by atoms with Crippen molar-refractivity contribution in [3.8, 4) is 5.19 Å². The van der Waals surface area contributed by atoms with Crippen LogP contribution in [0.3, 0.4) is 0 Å². The monoisotopic (exact) mass is 708 g/mol. The number of alkyl carbamates (subject to hydrolysis) is 1. The minimum Gasteiger partial charge on any atom is -0.473 e. The number of thiazole rings is 1. The summed E-state index contributed by atoms with van der Waals surface area (Å²) in [4.78, 5) is 46.4. The van der Waals surface area contributed by atoms with Crippen molar-refractivity contribution < 1.29 is 29.0 Å². The molecule has 0 unspecified atom stereocenters. The quantitative estimate of drug-likeness (QED) is 0.122. The summed E-state index contributed by atoms with van der Waals surface area (Å²) in [6.45, 7) is 4.01. The molecule has 2 aromatic heterocycles. The molecule has 0 radical (unpaired) electrons. The van der Waals surface area contributed by atoms with Crippen LogP contribution in [0.25, 0.3) is 0 Å². The zero-order valence-corrected chi connectivity index (χ0v) is 29.7. The number of aliphatic hydroxyl groups excluding tert-OH is 1. The average molecular weight is 709 g/mol. The summed E-state index contributed by atoms with van der Waals surface area (Å²) in [5.74, 6) is -0.614. The molecule has 0 saturated carbocycles. The molecule has 0 aliphatic heterocycles. The molecular formula is C35H44N6O6S2. The second-order valence-electron chi connectivity index (χ2n) is 12.0. The molecule has 0 bridgehead atoms. The molecule has 4 amide bonds. The lowest BCUT2D eigenvalue weighted by atomic mass is 9.93. The van der Waals surface area contributed by atoms with E-state index in [1.165, 1.54) is 34.9 Å². The van der Waals surface area contributed by atoms with E-state index in [0.717, 1.165) is 16.0 Å². The van der Waals surface area contributed by atoms with Gasteiger partial charge in [-0.3, -0.25) is 4.79 Å². The number of ether oxygens (including phenoxy) is 2. The Morgan fingerprint density at radius 2 is 1.61 bits per heavy atom. The predicted molar refractivity (Wildman–Crippen MR) is 189 cm³/mol. The first-order valence-corrected chi connectivity index (χ1v) is 17.7. The Labute approximate surface area is 295 Å². The second kappa shape index (κ2) is 18.9. The minimum absolute atomic E-state index is 0.0623. The summed E-state index contributed by atoms with van der Waals surface area (Å²) in [5.41, 5.74) is 2.55. The van der Waals surface area contributed by atoms with Crippen molar-refractivity contribution in [2.75, 3.05) is 14.2 Å². The average Bonchev–Trinajstić information content (AvgIpc) is 3.79. The van der Waals surface area contributed by atoms with Crippen molar-refractivity contribution in [1.29, 1.82) is 0 Å². The van der Waals surface area contributed by atoms with Gasteiger partial charge < -0.3 is 35.4 Å². The molecule has 2 aromatic carbocycles. The molecule has 12 nitrogen and oxygen atoms in total. The molecule has 2 heterocycles. The van der Waals surface area contributed by atoms with Crippen LogP contribution in [-0.4, -0.2) is 75.8 Å². The van der Waals surface area contributed by atoms with E-state index in [4.69, 9.17) is 9.47 Å². The number of amides is 4. The summed E-state index contributed by atoms with van der Waals surface area (Å²) in [6.07, 6.45) is 0.793. The summed E-state index contributed by atoms with van der Waals surface area (Å²) in [5, 5.41) is 22.8. The van der Waals surface area contributed by atoms with Gasteiger partial charge in [-0.05, 0) is 53.9 Å². The van der Waals surface area contributed by atoms with E-state index < -0.39 is 36.4 Å². The fourth-order valence-electron chi connectivity index (χ4n) is 5.18. The lowest BCUT2D eigenvalue weighted by Gasteiger charge is -2.30. The number of aromatic nitrogens is 2. The number of nitrogens with zero attached hydrogens (tertiary/aromatic N) is 3. The lowest BCUT2D eigenvalue weighted by molar-refractivity contribution is -0.124. The fraction of sp³-hybridized carbons (Fsp3) is 0.400. The molecule has 0 saturated heterocycles. The number of methoxy groups -OCH3 is 1. The Morgan fingerprint density at radius 1 is 0.939 bits per heavy atom. The maximum Gasteiger partial charge on any atom is 0.407 e. The Hall–Kier alpha value is -4.53. The molecule has 0 aliphatic rings. The Kier molecular flexibility index (Phi) is 14.4. The molecule has 0 spiro atoms. The van der Waals surface area contributed by atoms with Gasteiger partial charge in [0.25, 0.3) is 5.19 Å². The first-order chi connectivity index (χ1) is 23.6. The van der Waals surface area contributed by atoms with E-state index in [0.29, 0.717) is 23.7 Å². The minimum atomic E-state index is -1.06. The summed E-state index contributed by atoms with van der Waals surface area (Å²) >= 11 is 2.58. The number of rotatable bonds is 17. The number of carbonyl (C=O) groups is 3. The van der Waals surface area contributed by atoms with E-state index in [1.807, 2.05) is 79.9 Å². The van der Waals surface area contributed by atoms with E-state index in [1.54, 1.807) is 19.3 Å². The normalized spacial score (nSPS) is 13.5. The number of aliphatic hydroxyl groups is 1. The maximum atomic E-state index is 13.8. The molecule has 262 valence electrons. The Bertz CT molecular complexity index is 1590. The van der Waals surface area contributed by atoms with Gasteiger partial charge in [0, 0.05) is 24.7 Å². The van der Waals surface area contributed by atoms with E-state index in [2.05, 4.69) is 25.3 Å². The number of hydrogen-bond donors (Lipinski definition) is 4. The van der Waals surface area contributed by atoms with Crippen LogP contribution < -0.4 is 20.7 Å². The van der Waals surface area contributed by atoms with E-state index in [9.17, 15) is 19.5 Å². The standard InChI is InChI=1S/C35H44N6O6S2/c1-23(2)31(40-33(44)41(3)20-27-22-48-35(38-27)46-4)32(43)37-26(17-24-11-7-5-8-12-24)19-30(42)29(18-25-13-9-6-10-14-25)39-34(45)47-21-28-15-16-36-49-28/h5-16,22-23,26,29-31,42H,17-21H2,1-4H3,(H,37,43)(H,39,45)(H,40,44)/t26-,29-,30-,31-/m0/s1. The number of benzene rings is 2. The van der Waals surface area contributed by atoms with Crippen molar-refractivity contribution in [2.24, 2.45) is 5.92 Å². The zero-order chi connectivity index (χ0) is 35.2. The number of urea groups is 1. The van der Waals surface area contributed by atoms with Crippen LogP contribution in [0.2, 0.25) is 0 Å². The highest BCUT2D eigenvalue weighted by atomic mass is 32.1. The number of hydrogen-bond acceptors (Lipinski definition) is 10. The van der Waals surface area contributed by atoms with Gasteiger partial charge in [-0.25, -0.2) is 18.9 Å². The molecule has 49 heavy (non-hydrogen) atoms. The van der Waals surface area contributed by atoms with Crippen molar-refractivity contribution in [3.63, 3.8) is 0 Å². The van der Waals surface area contributed by atoms with Gasteiger partial charge in [-0.1, -0.05) is 85.8 Å². The van der Waals surface area contributed by atoms with Gasteiger partial charge in [0.15, 0.2) is 0 Å². The van der Waals surface area contributed by atoms with Gasteiger partial charge in [-0.2, -0.15) is 0 Å². The Balaban J connectivity index is 1.47. The van der Waals surface area contributed by atoms with Gasteiger partial charge >= 0.3 is 12.1 Å². The van der Waals surface area contributed by atoms with Crippen LogP contribution in [0.15, 0.2) is 78.3 Å². The number of carbonyl (C=O) groups excluding carboxylic acids is 3. The summed E-state index contributed by atoms with van der Waals surface area (Å²) in [6, 6.07) is 18.4. The SMILES string of the molecule is COc1nc(CN(C)C(=O)N[C@H](C(=O)N[C@@H](Cc2ccccc2)C[C@H](O)[C@H](Cc2ccccc2)NC(=O)OCc2ccns2)C(C)C)cs1. The maximum absolute atomic E-state index is 13.8.